The average molecular weight is 264 g/mol. The Morgan fingerprint density at radius 2 is 1.78 bits per heavy atom. The molecular weight excluding hydrogens is 248 g/mol. The highest BCUT2D eigenvalue weighted by molar-refractivity contribution is 7.13. The number of thiazole rings is 1. The zero-order valence-corrected chi connectivity index (χ0v) is 11.3. The number of anilines is 1. The lowest BCUT2D eigenvalue weighted by Gasteiger charge is -2.07. The van der Waals surface area contributed by atoms with E-state index in [2.05, 4.69) is 4.98 Å². The minimum absolute atomic E-state index is 0.619. The summed E-state index contributed by atoms with van der Waals surface area (Å²) in [6, 6.07) is 5.89. The number of nitrogens with two attached hydrogens (primary N) is 1. The van der Waals surface area contributed by atoms with E-state index < -0.39 is 0 Å². The summed E-state index contributed by atoms with van der Waals surface area (Å²) < 4.78 is 10.5. The fourth-order valence-electron chi connectivity index (χ4n) is 1.72. The van der Waals surface area contributed by atoms with Crippen LogP contribution in [-0.4, -0.2) is 19.2 Å². The predicted octanol–water partition coefficient (Wildman–Crippen LogP) is 2.53. The fourth-order valence-corrected chi connectivity index (χ4v) is 2.32. The van der Waals surface area contributed by atoms with Crippen LogP contribution in [0.3, 0.4) is 0 Å². The summed E-state index contributed by atoms with van der Waals surface area (Å²) in [7, 11) is 3.30. The Morgan fingerprint density at radius 1 is 1.11 bits per heavy atom. The topological polar surface area (TPSA) is 57.4 Å². The molecule has 1 aromatic heterocycles. The Hall–Kier alpha value is -1.75. The molecule has 0 unspecified atom stereocenters. The molecule has 2 N–H and O–H groups in total. The molecule has 0 aliphatic heterocycles. The van der Waals surface area contributed by atoms with Crippen molar-refractivity contribution in [3.8, 4) is 11.5 Å². The van der Waals surface area contributed by atoms with Crippen molar-refractivity contribution < 1.29 is 9.47 Å². The molecule has 0 amide bonds. The molecule has 0 aliphatic rings. The van der Waals surface area contributed by atoms with Crippen LogP contribution < -0.4 is 15.2 Å². The van der Waals surface area contributed by atoms with E-state index in [1.807, 2.05) is 23.6 Å². The lowest BCUT2D eigenvalue weighted by atomic mass is 10.1. The zero-order valence-electron chi connectivity index (χ0n) is 10.5. The van der Waals surface area contributed by atoms with Crippen LogP contribution in [0.2, 0.25) is 0 Å². The summed E-state index contributed by atoms with van der Waals surface area (Å²) in [6.45, 7) is 0. The molecule has 0 bridgehead atoms. The van der Waals surface area contributed by atoms with Crippen molar-refractivity contribution in [2.75, 3.05) is 20.0 Å². The van der Waals surface area contributed by atoms with Gasteiger partial charge in [-0.1, -0.05) is 0 Å². The first-order valence-corrected chi connectivity index (χ1v) is 6.51. The Labute approximate surface area is 110 Å². The van der Waals surface area contributed by atoms with E-state index in [1.165, 1.54) is 11.3 Å². The summed E-state index contributed by atoms with van der Waals surface area (Å²) in [5.41, 5.74) is 7.80. The summed E-state index contributed by atoms with van der Waals surface area (Å²) >= 11 is 1.47. The number of aryl methyl sites for hydroxylation is 2. The summed E-state index contributed by atoms with van der Waals surface area (Å²) in [5, 5.41) is 2.61. The van der Waals surface area contributed by atoms with Gasteiger partial charge in [-0.05, 0) is 30.5 Å². The van der Waals surface area contributed by atoms with E-state index in [0.717, 1.165) is 35.6 Å². The van der Waals surface area contributed by atoms with E-state index in [9.17, 15) is 0 Å². The molecule has 0 saturated carbocycles. The maximum Gasteiger partial charge on any atom is 0.180 e. The lowest BCUT2D eigenvalue weighted by molar-refractivity contribution is 0.393. The van der Waals surface area contributed by atoms with Gasteiger partial charge in [0.2, 0.25) is 0 Å². The molecule has 4 nitrogen and oxygen atoms in total. The van der Waals surface area contributed by atoms with Crippen LogP contribution in [0.5, 0.6) is 11.5 Å². The number of benzene rings is 1. The Kier molecular flexibility index (Phi) is 4.04. The molecule has 1 heterocycles. The fraction of sp³-hybridized carbons (Fsp3) is 0.308. The quantitative estimate of drug-likeness (QED) is 0.901. The molecule has 5 heteroatoms. The Bertz CT molecular complexity index is 503. The lowest BCUT2D eigenvalue weighted by Crippen LogP contribution is -1.95. The van der Waals surface area contributed by atoms with Crippen LogP contribution in [-0.2, 0) is 12.8 Å². The number of hydrogen-bond donors (Lipinski definition) is 1. The van der Waals surface area contributed by atoms with Crippen LogP contribution in [0.15, 0.2) is 23.6 Å². The molecule has 0 aliphatic carbocycles. The SMILES string of the molecule is COc1cc(CCc2csc(N)n2)cc(OC)c1. The highest BCUT2D eigenvalue weighted by Crippen LogP contribution is 2.23. The van der Waals surface area contributed by atoms with Gasteiger partial charge < -0.3 is 15.2 Å². The third kappa shape index (κ3) is 3.13. The van der Waals surface area contributed by atoms with Gasteiger partial charge in [0.1, 0.15) is 11.5 Å². The van der Waals surface area contributed by atoms with Gasteiger partial charge in [0.15, 0.2) is 5.13 Å². The molecule has 0 spiro atoms. The summed E-state index contributed by atoms with van der Waals surface area (Å²) in [4.78, 5) is 4.24. The Morgan fingerprint density at radius 3 is 2.28 bits per heavy atom. The third-order valence-electron chi connectivity index (χ3n) is 2.65. The van der Waals surface area contributed by atoms with Crippen LogP contribution in [0.4, 0.5) is 5.13 Å². The van der Waals surface area contributed by atoms with Crippen molar-refractivity contribution in [1.29, 1.82) is 0 Å². The van der Waals surface area contributed by atoms with Crippen molar-refractivity contribution in [3.05, 3.63) is 34.8 Å². The smallest absolute Gasteiger partial charge is 0.180 e. The maximum atomic E-state index is 5.61. The number of methoxy groups -OCH3 is 2. The Balaban J connectivity index is 2.08. The highest BCUT2D eigenvalue weighted by atomic mass is 32.1. The molecule has 0 saturated heterocycles. The number of ether oxygens (including phenoxy) is 2. The molecular formula is C13H16N2O2S. The minimum atomic E-state index is 0.619. The predicted molar refractivity (Wildman–Crippen MR) is 73.5 cm³/mol. The van der Waals surface area contributed by atoms with Crippen molar-refractivity contribution in [3.63, 3.8) is 0 Å². The van der Waals surface area contributed by atoms with Gasteiger partial charge in [-0.15, -0.1) is 11.3 Å². The maximum absolute atomic E-state index is 5.61. The van der Waals surface area contributed by atoms with E-state index in [1.54, 1.807) is 14.2 Å². The minimum Gasteiger partial charge on any atom is -0.497 e. The largest absolute Gasteiger partial charge is 0.497 e. The number of hydrogen-bond acceptors (Lipinski definition) is 5. The highest BCUT2D eigenvalue weighted by Gasteiger charge is 2.04. The first kappa shape index (κ1) is 12.7. The van der Waals surface area contributed by atoms with E-state index >= 15 is 0 Å². The van der Waals surface area contributed by atoms with Gasteiger partial charge >= 0.3 is 0 Å². The molecule has 1 aromatic carbocycles. The number of nitrogens with zero attached hydrogens (tertiary/aromatic N) is 1. The van der Waals surface area contributed by atoms with Crippen LogP contribution in [0, 0.1) is 0 Å². The molecule has 0 atom stereocenters. The van der Waals surface area contributed by atoms with Crippen LogP contribution >= 0.6 is 11.3 Å². The molecule has 0 fully saturated rings. The van der Waals surface area contributed by atoms with Gasteiger partial charge in [0.25, 0.3) is 0 Å². The van der Waals surface area contributed by atoms with Gasteiger partial charge in [-0.25, -0.2) is 4.98 Å². The first-order valence-electron chi connectivity index (χ1n) is 5.63. The molecule has 2 aromatic rings. The second kappa shape index (κ2) is 5.73. The van der Waals surface area contributed by atoms with E-state index in [0.29, 0.717) is 5.13 Å². The third-order valence-corrected chi connectivity index (χ3v) is 3.37. The molecule has 2 rings (SSSR count). The van der Waals surface area contributed by atoms with Crippen molar-refractivity contribution in [2.45, 2.75) is 12.8 Å². The van der Waals surface area contributed by atoms with Gasteiger partial charge in [-0.2, -0.15) is 0 Å². The van der Waals surface area contributed by atoms with Gasteiger partial charge in [0.05, 0.1) is 19.9 Å². The molecule has 0 radical (unpaired) electrons. The number of rotatable bonds is 5. The number of nitrogen functional groups attached to an aromatic ring is 1. The van der Waals surface area contributed by atoms with Gasteiger partial charge in [-0.3, -0.25) is 0 Å². The van der Waals surface area contributed by atoms with Crippen LogP contribution in [0.1, 0.15) is 11.3 Å². The van der Waals surface area contributed by atoms with E-state index in [4.69, 9.17) is 15.2 Å². The second-order valence-corrected chi connectivity index (χ2v) is 4.79. The molecule has 18 heavy (non-hydrogen) atoms. The normalized spacial score (nSPS) is 10.3. The van der Waals surface area contributed by atoms with Crippen molar-refractivity contribution in [1.82, 2.24) is 4.98 Å². The zero-order chi connectivity index (χ0) is 13.0. The van der Waals surface area contributed by atoms with E-state index in [-0.39, 0.29) is 0 Å². The molecule has 96 valence electrons. The average Bonchev–Trinajstić information content (AvgIpc) is 2.81. The number of aromatic nitrogens is 1. The monoisotopic (exact) mass is 264 g/mol. The standard InChI is InChI=1S/C13H16N2O2S/c1-16-11-5-9(6-12(7-11)17-2)3-4-10-8-18-13(14)15-10/h5-8H,3-4H2,1-2H3,(H2,14,15). The summed E-state index contributed by atoms with van der Waals surface area (Å²) in [5.74, 6) is 1.62. The van der Waals surface area contributed by atoms with Gasteiger partial charge in [0, 0.05) is 11.4 Å². The second-order valence-electron chi connectivity index (χ2n) is 3.90. The van der Waals surface area contributed by atoms with Crippen molar-refractivity contribution >= 4 is 16.5 Å². The van der Waals surface area contributed by atoms with Crippen molar-refractivity contribution in [2.24, 2.45) is 0 Å². The first-order chi connectivity index (χ1) is 8.71. The summed E-state index contributed by atoms with van der Waals surface area (Å²) in [6.07, 6.45) is 1.75. The van der Waals surface area contributed by atoms with Crippen LogP contribution in [0.25, 0.3) is 0 Å².